The fourth-order valence-corrected chi connectivity index (χ4v) is 1.36. The van der Waals surface area contributed by atoms with E-state index in [-0.39, 0.29) is 0 Å². The molecule has 0 bridgehead atoms. The van der Waals surface area contributed by atoms with E-state index in [1.165, 1.54) is 0 Å². The lowest BCUT2D eigenvalue weighted by Crippen LogP contribution is -2.11. The van der Waals surface area contributed by atoms with Crippen LogP contribution in [0.3, 0.4) is 0 Å². The Labute approximate surface area is 92.0 Å². The van der Waals surface area contributed by atoms with Gasteiger partial charge in [0.15, 0.2) is 0 Å². The Morgan fingerprint density at radius 3 is 2.31 bits per heavy atom. The molecule has 0 spiro atoms. The topological polar surface area (TPSA) is 22.1 Å². The summed E-state index contributed by atoms with van der Waals surface area (Å²) in [7, 11) is 0.940. The normalized spacial score (nSPS) is 12.0. The van der Waals surface area contributed by atoms with Crippen LogP contribution in [0.4, 0.5) is 22.0 Å². The molecule has 0 aliphatic heterocycles. The minimum atomic E-state index is -4.90. The SMILES string of the molecule is COc1ncc(C(F)F)c(Cl)c1C(F)(F)F. The van der Waals surface area contributed by atoms with E-state index in [1.807, 2.05) is 0 Å². The number of ether oxygens (including phenoxy) is 1. The van der Waals surface area contributed by atoms with Gasteiger partial charge in [0.1, 0.15) is 5.56 Å². The van der Waals surface area contributed by atoms with Crippen molar-refractivity contribution in [3.05, 3.63) is 22.3 Å². The first-order chi connectivity index (χ1) is 7.29. The third kappa shape index (κ3) is 2.34. The van der Waals surface area contributed by atoms with Crippen LogP contribution in [-0.2, 0) is 6.18 Å². The number of aromatic nitrogens is 1. The van der Waals surface area contributed by atoms with Gasteiger partial charge in [0.05, 0.1) is 17.7 Å². The van der Waals surface area contributed by atoms with Crippen LogP contribution in [0.1, 0.15) is 17.6 Å². The zero-order valence-electron chi connectivity index (χ0n) is 7.78. The summed E-state index contributed by atoms with van der Waals surface area (Å²) in [6.07, 6.45) is -7.48. The molecule has 16 heavy (non-hydrogen) atoms. The number of rotatable bonds is 2. The number of hydrogen-bond acceptors (Lipinski definition) is 2. The van der Waals surface area contributed by atoms with Gasteiger partial charge in [0, 0.05) is 6.20 Å². The standard InChI is InChI=1S/C8H5ClF5NO/c1-16-7-4(8(12,13)14)5(9)3(2-15-7)6(10)11/h2,6H,1H3. The van der Waals surface area contributed by atoms with Crippen LogP contribution in [0.5, 0.6) is 5.88 Å². The summed E-state index contributed by atoms with van der Waals surface area (Å²) in [5.41, 5.74) is -2.47. The van der Waals surface area contributed by atoms with E-state index in [0.29, 0.717) is 6.20 Å². The van der Waals surface area contributed by atoms with Gasteiger partial charge in [-0.05, 0) is 0 Å². The molecular formula is C8H5ClF5NO. The molecule has 0 amide bonds. The number of pyridine rings is 1. The molecule has 0 unspecified atom stereocenters. The number of hydrogen-bond donors (Lipinski definition) is 0. The molecule has 0 aliphatic carbocycles. The first-order valence-corrected chi connectivity index (χ1v) is 4.24. The molecular weight excluding hydrogens is 257 g/mol. The Hall–Kier alpha value is -1.11. The van der Waals surface area contributed by atoms with Gasteiger partial charge in [-0.15, -0.1) is 0 Å². The van der Waals surface area contributed by atoms with Gasteiger partial charge < -0.3 is 4.74 Å². The molecule has 0 atom stereocenters. The second kappa shape index (κ2) is 4.40. The van der Waals surface area contributed by atoms with Crippen molar-refractivity contribution in [1.29, 1.82) is 0 Å². The van der Waals surface area contributed by atoms with Gasteiger partial charge in [0.25, 0.3) is 6.43 Å². The van der Waals surface area contributed by atoms with Crippen molar-refractivity contribution >= 4 is 11.6 Å². The van der Waals surface area contributed by atoms with Crippen molar-refractivity contribution in [3.63, 3.8) is 0 Å². The molecule has 1 aromatic rings. The van der Waals surface area contributed by atoms with Crippen LogP contribution in [0.2, 0.25) is 5.02 Å². The van der Waals surface area contributed by atoms with E-state index in [2.05, 4.69) is 9.72 Å². The zero-order chi connectivity index (χ0) is 12.5. The third-order valence-electron chi connectivity index (χ3n) is 1.72. The predicted molar refractivity (Wildman–Crippen MR) is 45.8 cm³/mol. The Kier molecular flexibility index (Phi) is 3.57. The number of alkyl halides is 5. The minimum Gasteiger partial charge on any atom is -0.481 e. The Morgan fingerprint density at radius 2 is 1.94 bits per heavy atom. The largest absolute Gasteiger partial charge is 0.481 e. The van der Waals surface area contributed by atoms with Crippen LogP contribution < -0.4 is 4.74 Å². The molecule has 0 saturated heterocycles. The second-order valence-electron chi connectivity index (χ2n) is 2.71. The molecule has 0 aromatic carbocycles. The van der Waals surface area contributed by atoms with Crippen molar-refractivity contribution in [2.75, 3.05) is 7.11 Å². The number of methoxy groups -OCH3 is 1. The highest BCUT2D eigenvalue weighted by Crippen LogP contribution is 2.43. The van der Waals surface area contributed by atoms with Gasteiger partial charge in [-0.2, -0.15) is 13.2 Å². The summed E-state index contributed by atoms with van der Waals surface area (Å²) in [6, 6.07) is 0. The minimum absolute atomic E-state index is 0.557. The predicted octanol–water partition coefficient (Wildman–Crippen LogP) is 3.70. The Morgan fingerprint density at radius 1 is 1.38 bits per heavy atom. The highest BCUT2D eigenvalue weighted by molar-refractivity contribution is 6.32. The quantitative estimate of drug-likeness (QED) is 0.757. The molecule has 2 nitrogen and oxygen atoms in total. The van der Waals surface area contributed by atoms with Gasteiger partial charge in [-0.1, -0.05) is 11.6 Å². The second-order valence-corrected chi connectivity index (χ2v) is 3.09. The first-order valence-electron chi connectivity index (χ1n) is 3.86. The number of nitrogens with zero attached hydrogens (tertiary/aromatic N) is 1. The molecule has 0 N–H and O–H groups in total. The molecule has 1 rings (SSSR count). The fraction of sp³-hybridized carbons (Fsp3) is 0.375. The fourth-order valence-electron chi connectivity index (χ4n) is 1.04. The Bertz CT molecular complexity index is 393. The molecule has 0 radical (unpaired) electrons. The summed E-state index contributed by atoms with van der Waals surface area (Å²) in [6.45, 7) is 0. The zero-order valence-corrected chi connectivity index (χ0v) is 8.53. The van der Waals surface area contributed by atoms with E-state index in [0.717, 1.165) is 7.11 Å². The van der Waals surface area contributed by atoms with E-state index in [1.54, 1.807) is 0 Å². The highest BCUT2D eigenvalue weighted by Gasteiger charge is 2.39. The average molecular weight is 262 g/mol. The summed E-state index contributed by atoms with van der Waals surface area (Å²) >= 11 is 5.25. The maximum absolute atomic E-state index is 12.5. The first kappa shape index (κ1) is 13.0. The lowest BCUT2D eigenvalue weighted by atomic mass is 10.2. The van der Waals surface area contributed by atoms with Crippen LogP contribution in [-0.4, -0.2) is 12.1 Å². The van der Waals surface area contributed by atoms with Gasteiger partial charge in [-0.25, -0.2) is 13.8 Å². The van der Waals surface area contributed by atoms with Crippen LogP contribution in [0, 0.1) is 0 Å². The van der Waals surface area contributed by atoms with Crippen molar-refractivity contribution in [1.82, 2.24) is 4.98 Å². The molecule has 0 fully saturated rings. The molecule has 1 aromatic heterocycles. The summed E-state index contributed by atoms with van der Waals surface area (Å²) in [5.74, 6) is -0.832. The van der Waals surface area contributed by atoms with Crippen LogP contribution >= 0.6 is 11.6 Å². The van der Waals surface area contributed by atoms with Crippen molar-refractivity contribution in [2.45, 2.75) is 12.6 Å². The summed E-state index contributed by atoms with van der Waals surface area (Å²) in [4.78, 5) is 3.14. The molecule has 90 valence electrons. The monoisotopic (exact) mass is 261 g/mol. The van der Waals surface area contributed by atoms with E-state index >= 15 is 0 Å². The lowest BCUT2D eigenvalue weighted by Gasteiger charge is -2.14. The third-order valence-corrected chi connectivity index (χ3v) is 2.13. The van der Waals surface area contributed by atoms with E-state index in [9.17, 15) is 22.0 Å². The van der Waals surface area contributed by atoms with Crippen molar-refractivity contribution in [2.24, 2.45) is 0 Å². The Balaban J connectivity index is 3.47. The van der Waals surface area contributed by atoms with E-state index < -0.39 is 34.6 Å². The maximum Gasteiger partial charge on any atom is 0.423 e. The highest BCUT2D eigenvalue weighted by atomic mass is 35.5. The maximum atomic E-state index is 12.5. The van der Waals surface area contributed by atoms with Crippen molar-refractivity contribution < 1.29 is 26.7 Å². The molecule has 0 saturated carbocycles. The van der Waals surface area contributed by atoms with Gasteiger partial charge in [0.2, 0.25) is 5.88 Å². The smallest absolute Gasteiger partial charge is 0.423 e. The van der Waals surface area contributed by atoms with Crippen molar-refractivity contribution in [3.8, 4) is 5.88 Å². The average Bonchev–Trinajstić information content (AvgIpc) is 2.14. The summed E-state index contributed by atoms with van der Waals surface area (Å²) < 4.78 is 66.4. The lowest BCUT2D eigenvalue weighted by molar-refractivity contribution is -0.139. The van der Waals surface area contributed by atoms with Gasteiger partial charge in [-0.3, -0.25) is 0 Å². The molecule has 1 heterocycles. The number of halogens is 6. The van der Waals surface area contributed by atoms with Gasteiger partial charge >= 0.3 is 6.18 Å². The van der Waals surface area contributed by atoms with Crippen LogP contribution in [0.15, 0.2) is 6.20 Å². The van der Waals surface area contributed by atoms with Crippen LogP contribution in [0.25, 0.3) is 0 Å². The molecule has 8 heteroatoms. The molecule has 0 aliphatic rings. The van der Waals surface area contributed by atoms with E-state index in [4.69, 9.17) is 11.6 Å². The summed E-state index contributed by atoms with van der Waals surface area (Å²) in [5, 5.41) is -1.09.